The summed E-state index contributed by atoms with van der Waals surface area (Å²) >= 11 is 0. The number of imidazole rings is 1. The van der Waals surface area contributed by atoms with Gasteiger partial charge < -0.3 is 9.88 Å². The third-order valence-corrected chi connectivity index (χ3v) is 4.09. The number of sulfonamides is 1. The number of carbonyl (C=O) groups is 1. The number of hydrogen-bond donors (Lipinski definition) is 2. The molecule has 2 N–H and O–H groups in total. The topological polar surface area (TPSA) is 93.1 Å². The molecule has 2 aromatic rings. The van der Waals surface area contributed by atoms with Gasteiger partial charge in [0.1, 0.15) is 5.82 Å². The van der Waals surface area contributed by atoms with Gasteiger partial charge in [-0.05, 0) is 19.1 Å². The minimum Gasteiger partial charge on any atom is -0.354 e. The molecule has 2 rings (SSSR count). The summed E-state index contributed by atoms with van der Waals surface area (Å²) in [4.78, 5) is 16.3. The van der Waals surface area contributed by atoms with E-state index in [1.807, 2.05) is 35.9 Å². The molecule has 0 aliphatic rings. The molecule has 1 amide bonds. The van der Waals surface area contributed by atoms with Crippen molar-refractivity contribution in [1.82, 2.24) is 19.6 Å². The average Bonchev–Trinajstić information content (AvgIpc) is 2.74. The van der Waals surface area contributed by atoms with Gasteiger partial charge in [-0.15, -0.1) is 0 Å². The van der Waals surface area contributed by atoms with E-state index in [1.54, 1.807) is 0 Å². The zero-order valence-electron chi connectivity index (χ0n) is 12.8. The molecule has 0 radical (unpaired) electrons. The van der Waals surface area contributed by atoms with Gasteiger partial charge >= 0.3 is 0 Å². The molecular weight excluding hydrogens is 304 g/mol. The summed E-state index contributed by atoms with van der Waals surface area (Å²) in [6.07, 6.45) is 1.60. The van der Waals surface area contributed by atoms with E-state index in [0.717, 1.165) is 23.1 Å². The number of aryl methyl sites for hydroxylation is 1. The van der Waals surface area contributed by atoms with Crippen LogP contribution < -0.4 is 10.0 Å². The van der Waals surface area contributed by atoms with Crippen molar-refractivity contribution in [3.63, 3.8) is 0 Å². The van der Waals surface area contributed by atoms with Crippen molar-refractivity contribution in [3.05, 3.63) is 30.1 Å². The number of amides is 1. The molecule has 22 heavy (non-hydrogen) atoms. The Kier molecular flexibility index (Phi) is 4.82. The Bertz CT molecular complexity index is 782. The smallest absolute Gasteiger partial charge is 0.237 e. The van der Waals surface area contributed by atoms with Crippen LogP contribution in [0, 0.1) is 0 Å². The quantitative estimate of drug-likeness (QED) is 0.792. The summed E-state index contributed by atoms with van der Waals surface area (Å²) in [6.45, 7) is 1.90. The number of rotatable bonds is 6. The first-order valence-corrected chi connectivity index (χ1v) is 8.82. The highest BCUT2D eigenvalue weighted by Gasteiger charge is 2.16. The largest absolute Gasteiger partial charge is 0.354 e. The van der Waals surface area contributed by atoms with E-state index in [1.165, 1.54) is 6.92 Å². The van der Waals surface area contributed by atoms with Gasteiger partial charge in [0.15, 0.2) is 0 Å². The molecule has 1 aromatic carbocycles. The van der Waals surface area contributed by atoms with Crippen molar-refractivity contribution < 1.29 is 13.2 Å². The number of aromatic nitrogens is 2. The van der Waals surface area contributed by atoms with Gasteiger partial charge in [0.2, 0.25) is 15.9 Å². The SMILES string of the molecule is C[C@@H](NS(C)(=O)=O)C(=O)NCCc1nc2ccccc2n1C. The molecule has 8 heteroatoms. The van der Waals surface area contributed by atoms with Gasteiger partial charge in [-0.25, -0.2) is 18.1 Å². The van der Waals surface area contributed by atoms with Crippen LogP contribution in [0.5, 0.6) is 0 Å². The second-order valence-electron chi connectivity index (χ2n) is 5.23. The Balaban J connectivity index is 1.93. The Labute approximate surface area is 129 Å². The molecule has 120 valence electrons. The van der Waals surface area contributed by atoms with Crippen LogP contribution >= 0.6 is 0 Å². The summed E-state index contributed by atoms with van der Waals surface area (Å²) in [5.41, 5.74) is 1.95. The van der Waals surface area contributed by atoms with Crippen LogP contribution in [0.1, 0.15) is 12.7 Å². The zero-order valence-corrected chi connectivity index (χ0v) is 13.6. The summed E-state index contributed by atoms with van der Waals surface area (Å²) in [7, 11) is -1.47. The minimum atomic E-state index is -3.40. The summed E-state index contributed by atoms with van der Waals surface area (Å²) in [5.74, 6) is 0.509. The first kappa shape index (κ1) is 16.4. The molecule has 0 bridgehead atoms. The summed E-state index contributed by atoms with van der Waals surface area (Å²) < 4.78 is 26.4. The fraction of sp³-hybridized carbons (Fsp3) is 0.429. The second kappa shape index (κ2) is 6.45. The maximum Gasteiger partial charge on any atom is 0.237 e. The molecule has 0 saturated carbocycles. The van der Waals surface area contributed by atoms with Crippen molar-refractivity contribution in [2.75, 3.05) is 12.8 Å². The predicted molar refractivity (Wildman–Crippen MR) is 84.9 cm³/mol. The maximum atomic E-state index is 11.8. The number of nitrogens with zero attached hydrogens (tertiary/aromatic N) is 2. The lowest BCUT2D eigenvalue weighted by Crippen LogP contribution is -2.44. The Morgan fingerprint density at radius 2 is 2.05 bits per heavy atom. The lowest BCUT2D eigenvalue weighted by molar-refractivity contribution is -0.122. The van der Waals surface area contributed by atoms with Crippen LogP contribution in [0.4, 0.5) is 0 Å². The van der Waals surface area contributed by atoms with Crippen molar-refractivity contribution >= 4 is 27.0 Å². The molecule has 1 atom stereocenters. The van der Waals surface area contributed by atoms with Gasteiger partial charge in [-0.2, -0.15) is 0 Å². The first-order valence-electron chi connectivity index (χ1n) is 6.93. The Morgan fingerprint density at radius 1 is 1.36 bits per heavy atom. The van der Waals surface area contributed by atoms with Gasteiger partial charge in [0.05, 0.1) is 23.3 Å². The van der Waals surface area contributed by atoms with E-state index in [0.29, 0.717) is 13.0 Å². The van der Waals surface area contributed by atoms with E-state index in [4.69, 9.17) is 0 Å². The number of hydrogen-bond acceptors (Lipinski definition) is 4. The van der Waals surface area contributed by atoms with Crippen LogP contribution in [0.3, 0.4) is 0 Å². The average molecular weight is 324 g/mol. The van der Waals surface area contributed by atoms with E-state index < -0.39 is 16.1 Å². The van der Waals surface area contributed by atoms with Crippen LogP contribution in [-0.4, -0.2) is 42.7 Å². The molecule has 0 spiro atoms. The molecule has 0 fully saturated rings. The normalized spacial score (nSPS) is 13.2. The highest BCUT2D eigenvalue weighted by molar-refractivity contribution is 7.88. The monoisotopic (exact) mass is 324 g/mol. The molecule has 0 aliphatic carbocycles. The molecule has 0 unspecified atom stereocenters. The van der Waals surface area contributed by atoms with Gasteiger partial charge in [-0.1, -0.05) is 12.1 Å². The van der Waals surface area contributed by atoms with E-state index in [-0.39, 0.29) is 5.91 Å². The van der Waals surface area contributed by atoms with Crippen molar-refractivity contribution in [2.45, 2.75) is 19.4 Å². The van der Waals surface area contributed by atoms with Gasteiger partial charge in [-0.3, -0.25) is 4.79 Å². The highest BCUT2D eigenvalue weighted by atomic mass is 32.2. The van der Waals surface area contributed by atoms with Gasteiger partial charge in [0, 0.05) is 20.0 Å². The number of carbonyl (C=O) groups excluding carboxylic acids is 1. The fourth-order valence-electron chi connectivity index (χ4n) is 2.24. The van der Waals surface area contributed by atoms with E-state index in [9.17, 15) is 13.2 Å². The summed E-state index contributed by atoms with van der Waals surface area (Å²) in [5, 5.41) is 2.71. The van der Waals surface area contributed by atoms with Crippen LogP contribution in [0.25, 0.3) is 11.0 Å². The standard InChI is InChI=1S/C14H20N4O3S/c1-10(17-22(3,20)21)14(19)15-9-8-13-16-11-6-4-5-7-12(11)18(13)2/h4-7,10,17H,8-9H2,1-3H3,(H,15,19)/t10-/m1/s1. The molecule has 1 aromatic heterocycles. The number of para-hydroxylation sites is 2. The molecular formula is C14H20N4O3S. The van der Waals surface area contributed by atoms with Crippen molar-refractivity contribution in [2.24, 2.45) is 7.05 Å². The number of fused-ring (bicyclic) bond motifs is 1. The lowest BCUT2D eigenvalue weighted by atomic mass is 10.3. The summed E-state index contributed by atoms with van der Waals surface area (Å²) in [6, 6.07) is 7.02. The number of benzene rings is 1. The Hall–Kier alpha value is -1.93. The Morgan fingerprint density at radius 3 is 2.68 bits per heavy atom. The van der Waals surface area contributed by atoms with Gasteiger partial charge in [0.25, 0.3) is 0 Å². The van der Waals surface area contributed by atoms with E-state index in [2.05, 4.69) is 15.0 Å². The second-order valence-corrected chi connectivity index (χ2v) is 7.01. The molecule has 0 saturated heterocycles. The predicted octanol–water partition coefficient (Wildman–Crippen LogP) is 0.170. The molecule has 7 nitrogen and oxygen atoms in total. The van der Waals surface area contributed by atoms with Crippen molar-refractivity contribution in [1.29, 1.82) is 0 Å². The minimum absolute atomic E-state index is 0.357. The number of nitrogens with one attached hydrogen (secondary N) is 2. The third kappa shape index (κ3) is 4.05. The molecule has 1 heterocycles. The third-order valence-electron chi connectivity index (χ3n) is 3.31. The zero-order chi connectivity index (χ0) is 16.3. The maximum absolute atomic E-state index is 11.8. The first-order chi connectivity index (χ1) is 10.3. The molecule has 0 aliphatic heterocycles. The van der Waals surface area contributed by atoms with Crippen LogP contribution in [-0.2, 0) is 28.3 Å². The van der Waals surface area contributed by atoms with E-state index >= 15 is 0 Å². The fourth-order valence-corrected chi connectivity index (χ4v) is 2.99. The van der Waals surface area contributed by atoms with Crippen molar-refractivity contribution in [3.8, 4) is 0 Å². The van der Waals surface area contributed by atoms with Crippen LogP contribution in [0.2, 0.25) is 0 Å². The highest BCUT2D eigenvalue weighted by Crippen LogP contribution is 2.14. The lowest BCUT2D eigenvalue weighted by Gasteiger charge is -2.12. The van der Waals surface area contributed by atoms with Crippen LogP contribution in [0.15, 0.2) is 24.3 Å².